The van der Waals surface area contributed by atoms with Crippen LogP contribution in [0.2, 0.25) is 0 Å². The number of carbonyl (C=O) groups excluding carboxylic acids is 1. The predicted octanol–water partition coefficient (Wildman–Crippen LogP) is 4.29. The van der Waals surface area contributed by atoms with Crippen molar-refractivity contribution < 1.29 is 13.6 Å². The second-order valence-electron chi connectivity index (χ2n) is 6.20. The summed E-state index contributed by atoms with van der Waals surface area (Å²) in [5, 5.41) is 5.85. The Balaban J connectivity index is 1.30. The van der Waals surface area contributed by atoms with Crippen LogP contribution in [0.25, 0.3) is 28.6 Å². The number of fused-ring (bicyclic) bond motifs is 1. The molecule has 0 radical (unpaired) electrons. The van der Waals surface area contributed by atoms with Crippen LogP contribution in [-0.2, 0) is 11.3 Å². The van der Waals surface area contributed by atoms with Crippen molar-refractivity contribution in [2.45, 2.75) is 6.54 Å². The van der Waals surface area contributed by atoms with Gasteiger partial charge in [0.15, 0.2) is 10.7 Å². The summed E-state index contributed by atoms with van der Waals surface area (Å²) in [7, 11) is 0. The highest BCUT2D eigenvalue weighted by Gasteiger charge is 2.08. The molecule has 2 aromatic heterocycles. The second kappa shape index (κ2) is 8.53. The monoisotopic (exact) mass is 403 g/mol. The fourth-order valence-corrected chi connectivity index (χ4v) is 2.86. The number of thiocarbonyl (C=S) groups is 1. The third kappa shape index (κ3) is 4.77. The minimum absolute atomic E-state index is 0.252. The van der Waals surface area contributed by atoms with Crippen molar-refractivity contribution in [3.63, 3.8) is 0 Å². The Morgan fingerprint density at radius 1 is 1.07 bits per heavy atom. The van der Waals surface area contributed by atoms with Crippen LogP contribution in [0.3, 0.4) is 0 Å². The lowest BCUT2D eigenvalue weighted by molar-refractivity contribution is -0.115. The molecule has 144 valence electrons. The van der Waals surface area contributed by atoms with Gasteiger partial charge in [0.25, 0.3) is 0 Å². The van der Waals surface area contributed by atoms with E-state index in [9.17, 15) is 4.79 Å². The second-order valence-corrected chi connectivity index (χ2v) is 6.61. The van der Waals surface area contributed by atoms with E-state index in [1.165, 1.54) is 6.08 Å². The van der Waals surface area contributed by atoms with E-state index in [1.54, 1.807) is 24.5 Å². The molecular weight excluding hydrogens is 386 g/mol. The summed E-state index contributed by atoms with van der Waals surface area (Å²) >= 11 is 5.16. The summed E-state index contributed by atoms with van der Waals surface area (Å²) in [6.45, 7) is 0.481. The minimum Gasteiger partial charge on any atom is -0.465 e. The van der Waals surface area contributed by atoms with Crippen LogP contribution in [0.15, 0.2) is 81.8 Å². The van der Waals surface area contributed by atoms with E-state index in [1.807, 2.05) is 48.5 Å². The first-order valence-electron chi connectivity index (χ1n) is 8.93. The molecular formula is C22H17N3O3S. The Bertz CT molecular complexity index is 1130. The number of carbonyl (C=O) groups is 1. The summed E-state index contributed by atoms with van der Waals surface area (Å²) in [5.41, 5.74) is 3.49. The van der Waals surface area contributed by atoms with E-state index in [0.717, 1.165) is 22.2 Å². The van der Waals surface area contributed by atoms with Gasteiger partial charge in [0.05, 0.1) is 6.26 Å². The van der Waals surface area contributed by atoms with Crippen LogP contribution in [-0.4, -0.2) is 16.0 Å². The van der Waals surface area contributed by atoms with Crippen molar-refractivity contribution in [1.29, 1.82) is 0 Å². The highest BCUT2D eigenvalue weighted by molar-refractivity contribution is 7.80. The highest BCUT2D eigenvalue weighted by Crippen LogP contribution is 2.24. The number of furan rings is 1. The largest absolute Gasteiger partial charge is 0.465 e. The van der Waals surface area contributed by atoms with Crippen LogP contribution in [0.5, 0.6) is 0 Å². The maximum Gasteiger partial charge on any atom is 0.250 e. The molecule has 0 aliphatic heterocycles. The predicted molar refractivity (Wildman–Crippen MR) is 115 cm³/mol. The number of para-hydroxylation sites is 2. The summed E-state index contributed by atoms with van der Waals surface area (Å²) in [6, 6.07) is 19.0. The molecule has 0 aliphatic carbocycles. The molecule has 2 aromatic carbocycles. The lowest BCUT2D eigenvalue weighted by atomic mass is 10.1. The molecule has 2 N–H and O–H groups in total. The maximum absolute atomic E-state index is 11.9. The van der Waals surface area contributed by atoms with Gasteiger partial charge in [-0.15, -0.1) is 0 Å². The number of oxazole rings is 1. The Morgan fingerprint density at radius 2 is 1.90 bits per heavy atom. The van der Waals surface area contributed by atoms with Gasteiger partial charge in [-0.1, -0.05) is 24.3 Å². The summed E-state index contributed by atoms with van der Waals surface area (Å²) in [6.07, 6.45) is 4.48. The SMILES string of the molecule is O=C(/C=C/c1ccco1)NC(=S)NCc1ccc(-c2nc3ccccc3o2)cc1. The van der Waals surface area contributed by atoms with Crippen LogP contribution >= 0.6 is 12.2 Å². The standard InChI is InChI=1S/C22H17N3O3S/c26-20(12-11-17-4-3-13-27-17)25-22(29)23-14-15-7-9-16(10-8-15)21-24-18-5-1-2-6-19(18)28-21/h1-13H,14H2,(H2,23,25,26,29)/b12-11+. The Hall–Kier alpha value is -3.71. The van der Waals surface area contributed by atoms with Gasteiger partial charge in [-0.05, 0) is 60.3 Å². The average molecular weight is 403 g/mol. The van der Waals surface area contributed by atoms with Gasteiger partial charge in [-0.25, -0.2) is 4.98 Å². The van der Waals surface area contributed by atoms with E-state index >= 15 is 0 Å². The molecule has 0 atom stereocenters. The van der Waals surface area contributed by atoms with Crippen molar-refractivity contribution in [2.75, 3.05) is 0 Å². The smallest absolute Gasteiger partial charge is 0.250 e. The number of benzene rings is 2. The van der Waals surface area contributed by atoms with E-state index < -0.39 is 0 Å². The van der Waals surface area contributed by atoms with Gasteiger partial charge < -0.3 is 14.2 Å². The first-order chi connectivity index (χ1) is 14.2. The average Bonchev–Trinajstić information content (AvgIpc) is 3.40. The third-order valence-corrected chi connectivity index (χ3v) is 4.37. The van der Waals surface area contributed by atoms with Crippen molar-refractivity contribution >= 4 is 40.4 Å². The normalized spacial score (nSPS) is 11.0. The fraction of sp³-hybridized carbons (Fsp3) is 0.0455. The number of hydrogen-bond donors (Lipinski definition) is 2. The Kier molecular flexibility index (Phi) is 5.49. The molecule has 0 fully saturated rings. The zero-order valence-corrected chi connectivity index (χ0v) is 16.1. The zero-order chi connectivity index (χ0) is 20.1. The summed E-state index contributed by atoms with van der Waals surface area (Å²) in [5.74, 6) is 0.847. The van der Waals surface area contributed by atoms with Crippen LogP contribution in [0, 0.1) is 0 Å². The van der Waals surface area contributed by atoms with E-state index in [2.05, 4.69) is 15.6 Å². The molecule has 0 saturated carbocycles. The Labute approximate surface area is 172 Å². The third-order valence-electron chi connectivity index (χ3n) is 4.13. The molecule has 0 spiro atoms. The van der Waals surface area contributed by atoms with Crippen LogP contribution in [0.1, 0.15) is 11.3 Å². The molecule has 4 aromatic rings. The van der Waals surface area contributed by atoms with E-state index in [4.69, 9.17) is 21.1 Å². The molecule has 2 heterocycles. The highest BCUT2D eigenvalue weighted by atomic mass is 32.1. The zero-order valence-electron chi connectivity index (χ0n) is 15.3. The van der Waals surface area contributed by atoms with Gasteiger partial charge in [0.1, 0.15) is 11.3 Å². The number of rotatable bonds is 5. The molecule has 6 nitrogen and oxygen atoms in total. The summed E-state index contributed by atoms with van der Waals surface area (Å²) in [4.78, 5) is 16.3. The lowest BCUT2D eigenvalue weighted by Crippen LogP contribution is -2.37. The topological polar surface area (TPSA) is 80.3 Å². The van der Waals surface area contributed by atoms with E-state index in [0.29, 0.717) is 18.2 Å². The first-order valence-corrected chi connectivity index (χ1v) is 9.33. The van der Waals surface area contributed by atoms with Crippen molar-refractivity contribution in [2.24, 2.45) is 0 Å². The maximum atomic E-state index is 11.9. The van der Waals surface area contributed by atoms with Crippen LogP contribution < -0.4 is 10.6 Å². The van der Waals surface area contributed by atoms with Gasteiger partial charge >= 0.3 is 0 Å². The first kappa shape index (κ1) is 18.6. The quantitative estimate of drug-likeness (QED) is 0.382. The molecule has 7 heteroatoms. The number of aromatic nitrogens is 1. The lowest BCUT2D eigenvalue weighted by Gasteiger charge is -2.08. The number of nitrogens with one attached hydrogen (secondary N) is 2. The van der Waals surface area contributed by atoms with Gasteiger partial charge in [-0.3, -0.25) is 10.1 Å². The van der Waals surface area contributed by atoms with Gasteiger partial charge in [0.2, 0.25) is 11.8 Å². The summed E-state index contributed by atoms with van der Waals surface area (Å²) < 4.78 is 10.9. The number of nitrogens with zero attached hydrogens (tertiary/aromatic N) is 1. The van der Waals surface area contributed by atoms with Crippen molar-refractivity contribution in [3.05, 3.63) is 84.3 Å². The number of amides is 1. The fourth-order valence-electron chi connectivity index (χ4n) is 2.68. The van der Waals surface area contributed by atoms with Gasteiger partial charge in [-0.2, -0.15) is 0 Å². The van der Waals surface area contributed by atoms with Crippen molar-refractivity contribution in [3.8, 4) is 11.5 Å². The molecule has 0 bridgehead atoms. The molecule has 0 saturated heterocycles. The van der Waals surface area contributed by atoms with E-state index in [-0.39, 0.29) is 11.0 Å². The van der Waals surface area contributed by atoms with Crippen LogP contribution in [0.4, 0.5) is 0 Å². The Morgan fingerprint density at radius 3 is 2.66 bits per heavy atom. The number of hydrogen-bond acceptors (Lipinski definition) is 5. The molecule has 29 heavy (non-hydrogen) atoms. The molecule has 0 aliphatic rings. The molecule has 1 amide bonds. The molecule has 0 unspecified atom stereocenters. The minimum atomic E-state index is -0.329. The van der Waals surface area contributed by atoms with Crippen molar-refractivity contribution in [1.82, 2.24) is 15.6 Å². The molecule has 4 rings (SSSR count). The van der Waals surface area contributed by atoms with Gasteiger partial charge in [0, 0.05) is 18.2 Å².